The zero-order valence-electron chi connectivity index (χ0n) is 19.4. The van der Waals surface area contributed by atoms with Crippen LogP contribution in [0.15, 0.2) is 84.9 Å². The Bertz CT molecular complexity index is 1070. The number of rotatable bonds is 5. The van der Waals surface area contributed by atoms with Crippen LogP contribution < -0.4 is 21.2 Å². The molecule has 1 nitrogen and oxygen atoms in total. The molecule has 0 N–H and O–H groups in total. The molecule has 3 heteroatoms. The van der Waals surface area contributed by atoms with Gasteiger partial charge in [0.2, 0.25) is 0 Å². The molecule has 0 aromatic heterocycles. The van der Waals surface area contributed by atoms with Gasteiger partial charge in [-0.25, -0.2) is 0 Å². The minimum absolute atomic E-state index is 0.229. The van der Waals surface area contributed by atoms with E-state index in [9.17, 15) is 4.57 Å². The van der Waals surface area contributed by atoms with Crippen molar-refractivity contribution in [2.24, 2.45) is 16.7 Å². The fraction of sp³-hybridized carbons (Fsp3) is 0.379. The van der Waals surface area contributed by atoms with Crippen LogP contribution in [0.3, 0.4) is 0 Å². The second-order valence-corrected chi connectivity index (χ2v) is 14.7. The van der Waals surface area contributed by atoms with Crippen LogP contribution in [0, 0.1) is 16.7 Å². The van der Waals surface area contributed by atoms with Crippen molar-refractivity contribution < 1.29 is 4.57 Å². The van der Waals surface area contributed by atoms with Crippen molar-refractivity contribution >= 4 is 36.9 Å². The molecule has 0 radical (unpaired) electrons. The second-order valence-electron chi connectivity index (χ2n) is 10.6. The summed E-state index contributed by atoms with van der Waals surface area (Å²) in [6, 6.07) is 30.3. The maximum absolute atomic E-state index is 14.4. The van der Waals surface area contributed by atoms with E-state index in [4.69, 9.17) is 0 Å². The average Bonchev–Trinajstić information content (AvgIpc) is 2.79. The van der Waals surface area contributed by atoms with Crippen molar-refractivity contribution in [3.63, 3.8) is 0 Å². The van der Waals surface area contributed by atoms with Gasteiger partial charge in [-0.15, -0.1) is 0 Å². The fourth-order valence-electron chi connectivity index (χ4n) is 6.54. The van der Waals surface area contributed by atoms with E-state index in [1.165, 1.54) is 35.2 Å². The minimum atomic E-state index is -1.93. The lowest BCUT2D eigenvalue weighted by Crippen LogP contribution is -2.56. The molecule has 2 aliphatic carbocycles. The van der Waals surface area contributed by atoms with E-state index in [2.05, 4.69) is 106 Å². The average molecular weight is 461 g/mol. The molecule has 2 saturated carbocycles. The zero-order chi connectivity index (χ0) is 22.3. The van der Waals surface area contributed by atoms with Crippen molar-refractivity contribution in [2.75, 3.05) is 0 Å². The summed E-state index contributed by atoms with van der Waals surface area (Å²) in [6.45, 7) is 7.30. The van der Waals surface area contributed by atoms with Crippen molar-refractivity contribution in [3.8, 4) is 0 Å². The Balaban J connectivity index is 1.58. The van der Waals surface area contributed by atoms with E-state index >= 15 is 0 Å². The lowest BCUT2D eigenvalue weighted by molar-refractivity contribution is -0.0786. The molecule has 5 rings (SSSR count). The highest BCUT2D eigenvalue weighted by Gasteiger charge is 2.58. The zero-order valence-corrected chi connectivity index (χ0v) is 21.3. The number of fused-ring (bicyclic) bond motifs is 1. The molecule has 0 spiro atoms. The summed E-state index contributed by atoms with van der Waals surface area (Å²) in [5, 5.41) is 5.07. The third kappa shape index (κ3) is 3.73. The SMILES string of the molecule is CC1(C)CCC([PH](=O)c2ccccc2P(c2ccccc2)c2ccccc2)C2(C)CCC12. The molecular weight excluding hydrogens is 426 g/mol. The third-order valence-corrected chi connectivity index (χ3v) is 13.6. The summed E-state index contributed by atoms with van der Waals surface area (Å²) in [5.74, 6) is 0.708. The van der Waals surface area contributed by atoms with Gasteiger partial charge in [-0.2, -0.15) is 0 Å². The van der Waals surface area contributed by atoms with E-state index in [1.807, 2.05) is 0 Å². The van der Waals surface area contributed by atoms with E-state index in [1.54, 1.807) is 0 Å². The molecule has 2 fully saturated rings. The Morgan fingerprint density at radius 2 is 1.31 bits per heavy atom. The van der Waals surface area contributed by atoms with Crippen molar-refractivity contribution in [1.82, 2.24) is 0 Å². The second kappa shape index (κ2) is 8.59. The first-order valence-electron chi connectivity index (χ1n) is 12.0. The maximum atomic E-state index is 14.4. The van der Waals surface area contributed by atoms with Crippen LogP contribution in [0.4, 0.5) is 0 Å². The molecule has 4 atom stereocenters. The summed E-state index contributed by atoms with van der Waals surface area (Å²) in [4.78, 5) is 0. The van der Waals surface area contributed by atoms with Crippen LogP contribution in [0.25, 0.3) is 0 Å². The summed E-state index contributed by atoms with van der Waals surface area (Å²) in [7, 11) is -2.67. The Morgan fingerprint density at radius 3 is 1.88 bits per heavy atom. The van der Waals surface area contributed by atoms with Gasteiger partial charge in [-0.05, 0) is 66.3 Å². The van der Waals surface area contributed by atoms with Gasteiger partial charge in [0.1, 0.15) is 7.80 Å². The molecule has 166 valence electrons. The lowest BCUT2D eigenvalue weighted by Gasteiger charge is -2.62. The first-order valence-corrected chi connectivity index (χ1v) is 14.8. The van der Waals surface area contributed by atoms with Crippen molar-refractivity contribution in [1.29, 1.82) is 0 Å². The van der Waals surface area contributed by atoms with Crippen LogP contribution in [-0.4, -0.2) is 5.66 Å². The molecule has 3 aromatic rings. The molecule has 3 aromatic carbocycles. The highest BCUT2D eigenvalue weighted by atomic mass is 31.1. The molecule has 0 bridgehead atoms. The first-order chi connectivity index (χ1) is 15.4. The predicted octanol–water partition coefficient (Wildman–Crippen LogP) is 6.23. The first kappa shape index (κ1) is 22.1. The number of benzene rings is 3. The van der Waals surface area contributed by atoms with E-state index in [0.717, 1.165) is 11.7 Å². The van der Waals surface area contributed by atoms with Gasteiger partial charge >= 0.3 is 0 Å². The molecule has 32 heavy (non-hydrogen) atoms. The van der Waals surface area contributed by atoms with Crippen LogP contribution in [-0.2, 0) is 4.57 Å². The normalized spacial score (nSPS) is 27.4. The number of hydrogen-bond donors (Lipinski definition) is 0. The minimum Gasteiger partial charge on any atom is -0.322 e. The predicted molar refractivity (Wildman–Crippen MR) is 141 cm³/mol. The van der Waals surface area contributed by atoms with Gasteiger partial charge in [0.15, 0.2) is 0 Å². The van der Waals surface area contributed by atoms with Crippen LogP contribution in [0.1, 0.15) is 46.5 Å². The highest BCUT2D eigenvalue weighted by molar-refractivity contribution is 7.81. The quantitative estimate of drug-likeness (QED) is 0.412. The molecule has 2 aliphatic rings. The summed E-state index contributed by atoms with van der Waals surface area (Å²) >= 11 is 0. The smallest absolute Gasteiger partial charge is 0.108 e. The topological polar surface area (TPSA) is 17.1 Å². The molecule has 0 saturated heterocycles. The standard InChI is InChI=1S/C29H34OP2/c1-28(2)20-19-27(29(3)21-18-26(28)29)32(30)25-17-11-10-16-24(25)31(22-12-6-4-7-13-22)23-14-8-5-9-15-23/h4-17,26-27,32H,18-21H2,1-3H3. The van der Waals surface area contributed by atoms with Crippen LogP contribution in [0.5, 0.6) is 0 Å². The molecule has 0 amide bonds. The van der Waals surface area contributed by atoms with Gasteiger partial charge < -0.3 is 4.57 Å². The third-order valence-electron chi connectivity index (χ3n) is 8.34. The monoisotopic (exact) mass is 460 g/mol. The largest absolute Gasteiger partial charge is 0.322 e. The summed E-state index contributed by atoms with van der Waals surface area (Å²) in [5.41, 5.74) is 0.933. The van der Waals surface area contributed by atoms with E-state index < -0.39 is 15.7 Å². The van der Waals surface area contributed by atoms with Crippen molar-refractivity contribution in [2.45, 2.75) is 52.1 Å². The van der Waals surface area contributed by atoms with Gasteiger partial charge in [-0.1, -0.05) is 106 Å². The van der Waals surface area contributed by atoms with E-state index in [0.29, 0.717) is 17.0 Å². The summed E-state index contributed by atoms with van der Waals surface area (Å²) in [6.07, 6.45) is 4.83. The van der Waals surface area contributed by atoms with Gasteiger partial charge in [0.05, 0.1) is 0 Å². The van der Waals surface area contributed by atoms with Crippen LogP contribution >= 0.6 is 15.7 Å². The van der Waals surface area contributed by atoms with E-state index in [-0.39, 0.29) is 5.41 Å². The highest BCUT2D eigenvalue weighted by Crippen LogP contribution is 2.66. The fourth-order valence-corrected chi connectivity index (χ4v) is 11.9. The number of hydrogen-bond acceptors (Lipinski definition) is 1. The Hall–Kier alpha value is -1.68. The lowest BCUT2D eigenvalue weighted by atomic mass is 9.46. The summed E-state index contributed by atoms with van der Waals surface area (Å²) < 4.78 is 14.4. The Morgan fingerprint density at radius 1 is 0.750 bits per heavy atom. The molecular formula is C29H34OP2. The van der Waals surface area contributed by atoms with Crippen molar-refractivity contribution in [3.05, 3.63) is 84.9 Å². The Labute approximate surface area is 195 Å². The van der Waals surface area contributed by atoms with Gasteiger partial charge in [-0.3, -0.25) is 0 Å². The Kier molecular flexibility index (Phi) is 5.94. The van der Waals surface area contributed by atoms with Gasteiger partial charge in [0, 0.05) is 11.0 Å². The molecule has 0 heterocycles. The molecule has 0 aliphatic heterocycles. The van der Waals surface area contributed by atoms with Gasteiger partial charge in [0.25, 0.3) is 0 Å². The maximum Gasteiger partial charge on any atom is 0.108 e. The molecule has 4 unspecified atom stereocenters. The van der Waals surface area contributed by atoms with Crippen LogP contribution in [0.2, 0.25) is 0 Å².